The Morgan fingerprint density at radius 2 is 1.95 bits per heavy atom. The molecule has 0 unspecified atom stereocenters. The van der Waals surface area contributed by atoms with E-state index in [4.69, 9.17) is 0 Å². The first kappa shape index (κ1) is 14.5. The van der Waals surface area contributed by atoms with Crippen molar-refractivity contribution in [2.24, 2.45) is 4.99 Å². The van der Waals surface area contributed by atoms with E-state index in [-0.39, 0.29) is 5.56 Å². The van der Waals surface area contributed by atoms with E-state index in [2.05, 4.69) is 19.9 Å². The normalized spacial score (nSPS) is 17.4. The monoisotopic (exact) mass is 280 g/mol. The van der Waals surface area contributed by atoms with Crippen molar-refractivity contribution in [3.8, 4) is 5.88 Å². The highest BCUT2D eigenvalue weighted by Gasteiger charge is 2.12. The van der Waals surface area contributed by atoms with Gasteiger partial charge in [0.2, 0.25) is 5.88 Å². The van der Waals surface area contributed by atoms with Crippen molar-refractivity contribution in [2.45, 2.75) is 26.2 Å². The second-order valence-electron chi connectivity index (χ2n) is 5.00. The fourth-order valence-corrected chi connectivity index (χ4v) is 2.43. The summed E-state index contributed by atoms with van der Waals surface area (Å²) in [5.41, 5.74) is -0.886. The molecule has 0 aromatic carbocycles. The Bertz CT molecular complexity index is 596. The van der Waals surface area contributed by atoms with Gasteiger partial charge in [-0.25, -0.2) is 4.79 Å². The van der Waals surface area contributed by atoms with Gasteiger partial charge in [0.1, 0.15) is 5.56 Å². The third kappa shape index (κ3) is 3.57. The van der Waals surface area contributed by atoms with Gasteiger partial charge in [-0.1, -0.05) is 6.42 Å². The summed E-state index contributed by atoms with van der Waals surface area (Å²) < 4.78 is 0. The van der Waals surface area contributed by atoms with E-state index in [1.807, 2.05) is 0 Å². The Kier molecular flexibility index (Phi) is 4.73. The molecule has 0 bridgehead atoms. The molecule has 0 spiro atoms. The zero-order valence-corrected chi connectivity index (χ0v) is 11.6. The van der Waals surface area contributed by atoms with Crippen molar-refractivity contribution in [3.05, 3.63) is 26.4 Å². The van der Waals surface area contributed by atoms with Crippen LogP contribution in [-0.2, 0) is 0 Å². The molecule has 20 heavy (non-hydrogen) atoms. The number of aromatic nitrogens is 2. The number of nitrogens with one attached hydrogen (secondary N) is 2. The number of aromatic hydroxyl groups is 1. The molecule has 1 saturated heterocycles. The molecule has 0 amide bonds. The Balaban J connectivity index is 2.03. The fourth-order valence-electron chi connectivity index (χ4n) is 2.43. The van der Waals surface area contributed by atoms with Crippen molar-refractivity contribution >= 4 is 5.71 Å². The smallest absolute Gasteiger partial charge is 0.328 e. The van der Waals surface area contributed by atoms with Crippen LogP contribution in [0.15, 0.2) is 14.6 Å². The van der Waals surface area contributed by atoms with Crippen LogP contribution in [-0.4, -0.2) is 51.9 Å². The number of nitrogens with zero attached hydrogens (tertiary/aromatic N) is 2. The summed E-state index contributed by atoms with van der Waals surface area (Å²) in [5, 5.41) is 9.62. The van der Waals surface area contributed by atoms with Gasteiger partial charge in [0.25, 0.3) is 5.56 Å². The van der Waals surface area contributed by atoms with E-state index < -0.39 is 17.1 Å². The number of aromatic amines is 2. The van der Waals surface area contributed by atoms with Crippen LogP contribution >= 0.6 is 0 Å². The Morgan fingerprint density at radius 3 is 2.60 bits per heavy atom. The first-order chi connectivity index (χ1) is 9.58. The van der Waals surface area contributed by atoms with Crippen LogP contribution in [0.4, 0.5) is 0 Å². The van der Waals surface area contributed by atoms with E-state index >= 15 is 0 Å². The molecule has 7 nitrogen and oxygen atoms in total. The van der Waals surface area contributed by atoms with E-state index in [0.717, 1.165) is 19.6 Å². The number of piperidine rings is 1. The Hall–Kier alpha value is -1.89. The van der Waals surface area contributed by atoms with Crippen LogP contribution in [0, 0.1) is 0 Å². The first-order valence-electron chi connectivity index (χ1n) is 6.87. The van der Waals surface area contributed by atoms with Crippen molar-refractivity contribution in [1.82, 2.24) is 14.9 Å². The second-order valence-corrected chi connectivity index (χ2v) is 5.00. The summed E-state index contributed by atoms with van der Waals surface area (Å²) in [4.78, 5) is 33.5. The number of hydrogen-bond acceptors (Lipinski definition) is 5. The molecular weight excluding hydrogens is 260 g/mol. The number of aliphatic imine (C=N–C) groups is 1. The Morgan fingerprint density at radius 1 is 1.25 bits per heavy atom. The molecule has 0 radical (unpaired) electrons. The van der Waals surface area contributed by atoms with E-state index in [0.29, 0.717) is 12.3 Å². The molecule has 2 rings (SSSR count). The molecule has 1 aromatic heterocycles. The standard InChI is InChI=1S/C13H20N4O3/c1-9(10-11(18)15-13(20)16-12(10)19)14-5-8-17-6-3-2-4-7-17/h2-8H2,1H3,(H3,15,16,18,19,20). The number of H-pyrrole nitrogens is 2. The lowest BCUT2D eigenvalue weighted by Crippen LogP contribution is -2.32. The van der Waals surface area contributed by atoms with Gasteiger partial charge >= 0.3 is 5.69 Å². The van der Waals surface area contributed by atoms with E-state index in [9.17, 15) is 14.7 Å². The highest BCUT2D eigenvalue weighted by molar-refractivity contribution is 6.00. The maximum Gasteiger partial charge on any atom is 0.328 e. The highest BCUT2D eigenvalue weighted by Crippen LogP contribution is 2.09. The minimum absolute atomic E-state index is 0.0308. The number of likely N-dealkylation sites (tertiary alicyclic amines) is 1. The SMILES string of the molecule is CC(=NCCN1CCCCC1)c1c(O)[nH]c(=O)[nH]c1=O. The van der Waals surface area contributed by atoms with Crippen LogP contribution in [0.3, 0.4) is 0 Å². The predicted molar refractivity (Wildman–Crippen MR) is 76.7 cm³/mol. The zero-order chi connectivity index (χ0) is 14.5. The predicted octanol–water partition coefficient (Wildman–Crippen LogP) is 0.0637. The zero-order valence-electron chi connectivity index (χ0n) is 11.6. The van der Waals surface area contributed by atoms with Crippen LogP contribution in [0.5, 0.6) is 5.88 Å². The average Bonchev–Trinajstić information content (AvgIpc) is 2.38. The van der Waals surface area contributed by atoms with Crippen molar-refractivity contribution in [1.29, 1.82) is 0 Å². The molecule has 1 aliphatic rings. The molecule has 0 saturated carbocycles. The van der Waals surface area contributed by atoms with Crippen LogP contribution in [0.2, 0.25) is 0 Å². The van der Waals surface area contributed by atoms with Gasteiger partial charge in [-0.3, -0.25) is 19.8 Å². The highest BCUT2D eigenvalue weighted by atomic mass is 16.3. The van der Waals surface area contributed by atoms with Gasteiger partial charge in [0, 0.05) is 12.3 Å². The lowest BCUT2D eigenvalue weighted by Gasteiger charge is -2.25. The maximum absolute atomic E-state index is 11.6. The van der Waals surface area contributed by atoms with E-state index in [1.54, 1.807) is 6.92 Å². The molecule has 2 heterocycles. The van der Waals surface area contributed by atoms with Gasteiger partial charge < -0.3 is 10.0 Å². The summed E-state index contributed by atoms with van der Waals surface area (Å²) in [6.07, 6.45) is 3.74. The minimum atomic E-state index is -0.725. The van der Waals surface area contributed by atoms with Gasteiger partial charge in [0.05, 0.1) is 6.54 Å². The Labute approximate surface area is 116 Å². The first-order valence-corrected chi connectivity index (χ1v) is 6.87. The second kappa shape index (κ2) is 6.51. The maximum atomic E-state index is 11.6. The summed E-state index contributed by atoms with van der Waals surface area (Å²) in [5.74, 6) is -0.432. The fraction of sp³-hybridized carbons (Fsp3) is 0.615. The summed E-state index contributed by atoms with van der Waals surface area (Å²) in [6.45, 7) is 5.26. The van der Waals surface area contributed by atoms with Crippen LogP contribution < -0.4 is 11.2 Å². The topological polar surface area (TPSA) is 102 Å². The van der Waals surface area contributed by atoms with Crippen molar-refractivity contribution < 1.29 is 5.11 Å². The van der Waals surface area contributed by atoms with Gasteiger partial charge in [-0.2, -0.15) is 0 Å². The largest absolute Gasteiger partial charge is 0.494 e. The number of hydrogen-bond donors (Lipinski definition) is 3. The van der Waals surface area contributed by atoms with Crippen molar-refractivity contribution in [2.75, 3.05) is 26.2 Å². The van der Waals surface area contributed by atoms with Crippen LogP contribution in [0.1, 0.15) is 31.7 Å². The molecule has 0 atom stereocenters. The summed E-state index contributed by atoms with van der Waals surface area (Å²) in [7, 11) is 0. The average molecular weight is 280 g/mol. The van der Waals surface area contributed by atoms with Crippen molar-refractivity contribution in [3.63, 3.8) is 0 Å². The lowest BCUT2D eigenvalue weighted by molar-refractivity contribution is 0.235. The molecule has 1 fully saturated rings. The summed E-state index contributed by atoms with van der Waals surface area (Å²) >= 11 is 0. The molecule has 7 heteroatoms. The lowest BCUT2D eigenvalue weighted by atomic mass is 10.1. The van der Waals surface area contributed by atoms with Gasteiger partial charge in [-0.15, -0.1) is 0 Å². The third-order valence-electron chi connectivity index (χ3n) is 3.50. The molecule has 110 valence electrons. The van der Waals surface area contributed by atoms with Crippen LogP contribution in [0.25, 0.3) is 0 Å². The molecule has 3 N–H and O–H groups in total. The van der Waals surface area contributed by atoms with Gasteiger partial charge in [0.15, 0.2) is 0 Å². The number of rotatable bonds is 4. The molecule has 1 aromatic rings. The summed E-state index contributed by atoms with van der Waals surface area (Å²) in [6, 6.07) is 0. The molecule has 1 aliphatic heterocycles. The third-order valence-corrected chi connectivity index (χ3v) is 3.50. The molecule has 0 aliphatic carbocycles. The molecular formula is C13H20N4O3. The quantitative estimate of drug-likeness (QED) is 0.679. The van der Waals surface area contributed by atoms with Gasteiger partial charge in [-0.05, 0) is 32.9 Å². The minimum Gasteiger partial charge on any atom is -0.494 e. The van der Waals surface area contributed by atoms with E-state index in [1.165, 1.54) is 19.3 Å².